The third kappa shape index (κ3) is 2.62. The normalized spacial score (nSPS) is 11.8. The van der Waals surface area contributed by atoms with Crippen LogP contribution in [0, 0.1) is 0 Å². The zero-order chi connectivity index (χ0) is 15.7. The van der Waals surface area contributed by atoms with Crippen LogP contribution in [0.2, 0.25) is 0 Å². The standard InChI is InChI=1S/C15H12F3N3O/c16-15(17,18)13-7-8-21(20-13)14-6-5-12(22-14)11-4-2-1-3-10(11)9-19/h1-8H,9,19H2. The van der Waals surface area contributed by atoms with Crippen molar-refractivity contribution < 1.29 is 17.6 Å². The van der Waals surface area contributed by atoms with Crippen LogP contribution >= 0.6 is 0 Å². The van der Waals surface area contributed by atoms with Gasteiger partial charge in [0.2, 0.25) is 5.88 Å². The lowest BCUT2D eigenvalue weighted by Crippen LogP contribution is -2.06. The average Bonchev–Trinajstić information content (AvgIpc) is 3.15. The Balaban J connectivity index is 1.96. The van der Waals surface area contributed by atoms with Crippen molar-refractivity contribution in [1.29, 1.82) is 0 Å². The van der Waals surface area contributed by atoms with Gasteiger partial charge in [0.15, 0.2) is 5.69 Å². The Morgan fingerprint density at radius 2 is 1.86 bits per heavy atom. The van der Waals surface area contributed by atoms with Crippen LogP contribution in [0.3, 0.4) is 0 Å². The smallest absolute Gasteiger partial charge is 0.435 e. The quantitative estimate of drug-likeness (QED) is 0.804. The van der Waals surface area contributed by atoms with E-state index in [-0.39, 0.29) is 5.88 Å². The molecule has 22 heavy (non-hydrogen) atoms. The molecule has 0 fully saturated rings. The lowest BCUT2D eigenvalue weighted by Gasteiger charge is -2.04. The molecule has 2 N–H and O–H groups in total. The molecular weight excluding hydrogens is 295 g/mol. The van der Waals surface area contributed by atoms with Gasteiger partial charge < -0.3 is 10.2 Å². The van der Waals surface area contributed by atoms with Gasteiger partial charge in [0.1, 0.15) is 5.76 Å². The number of benzene rings is 1. The van der Waals surface area contributed by atoms with Gasteiger partial charge >= 0.3 is 6.18 Å². The molecule has 0 spiro atoms. The summed E-state index contributed by atoms with van der Waals surface area (Å²) >= 11 is 0. The summed E-state index contributed by atoms with van der Waals surface area (Å²) < 4.78 is 44.4. The molecule has 0 aliphatic rings. The molecule has 0 radical (unpaired) electrons. The van der Waals surface area contributed by atoms with Crippen LogP contribution in [0.5, 0.6) is 0 Å². The highest BCUT2D eigenvalue weighted by atomic mass is 19.4. The number of nitrogens with zero attached hydrogens (tertiary/aromatic N) is 2. The van der Waals surface area contributed by atoms with Crippen molar-refractivity contribution in [3.05, 3.63) is 59.9 Å². The van der Waals surface area contributed by atoms with Gasteiger partial charge in [-0.3, -0.25) is 0 Å². The maximum atomic E-state index is 12.6. The maximum absolute atomic E-state index is 12.6. The van der Waals surface area contributed by atoms with Gasteiger partial charge in [-0.15, -0.1) is 0 Å². The molecule has 0 aliphatic heterocycles. The zero-order valence-corrected chi connectivity index (χ0v) is 11.3. The first-order chi connectivity index (χ1) is 10.5. The third-order valence-electron chi connectivity index (χ3n) is 3.20. The number of hydrogen-bond donors (Lipinski definition) is 1. The van der Waals surface area contributed by atoms with E-state index in [1.54, 1.807) is 12.1 Å². The molecule has 0 amide bonds. The van der Waals surface area contributed by atoms with E-state index in [1.807, 2.05) is 24.3 Å². The molecule has 0 unspecified atom stereocenters. The van der Waals surface area contributed by atoms with E-state index in [9.17, 15) is 13.2 Å². The van der Waals surface area contributed by atoms with E-state index >= 15 is 0 Å². The summed E-state index contributed by atoms with van der Waals surface area (Å²) in [7, 11) is 0. The largest absolute Gasteiger partial charge is 0.438 e. The Kier molecular flexibility index (Phi) is 3.50. The van der Waals surface area contributed by atoms with Crippen LogP contribution in [-0.4, -0.2) is 9.78 Å². The minimum atomic E-state index is -4.48. The molecule has 3 aromatic rings. The third-order valence-corrected chi connectivity index (χ3v) is 3.20. The fourth-order valence-electron chi connectivity index (χ4n) is 2.13. The van der Waals surface area contributed by atoms with Crippen molar-refractivity contribution in [3.63, 3.8) is 0 Å². The van der Waals surface area contributed by atoms with E-state index in [0.29, 0.717) is 12.3 Å². The summed E-state index contributed by atoms with van der Waals surface area (Å²) in [4.78, 5) is 0. The Bertz CT molecular complexity index is 789. The number of nitrogens with two attached hydrogens (primary N) is 1. The first kappa shape index (κ1) is 14.4. The molecule has 114 valence electrons. The second-order valence-corrected chi connectivity index (χ2v) is 4.64. The molecule has 1 aromatic carbocycles. The number of furan rings is 1. The molecule has 0 atom stereocenters. The van der Waals surface area contributed by atoms with Crippen molar-refractivity contribution in [2.75, 3.05) is 0 Å². The topological polar surface area (TPSA) is 57.0 Å². The maximum Gasteiger partial charge on any atom is 0.435 e. The minimum Gasteiger partial charge on any atom is -0.438 e. The second-order valence-electron chi connectivity index (χ2n) is 4.64. The van der Waals surface area contributed by atoms with Gasteiger partial charge in [0, 0.05) is 24.4 Å². The van der Waals surface area contributed by atoms with Gasteiger partial charge in [-0.05, 0) is 17.7 Å². The molecule has 2 aromatic heterocycles. The van der Waals surface area contributed by atoms with Gasteiger partial charge in [-0.1, -0.05) is 24.3 Å². The number of hydrogen-bond acceptors (Lipinski definition) is 3. The van der Waals surface area contributed by atoms with Gasteiger partial charge in [0.05, 0.1) is 0 Å². The first-order valence-corrected chi connectivity index (χ1v) is 6.50. The zero-order valence-electron chi connectivity index (χ0n) is 11.3. The Labute approximate surface area is 124 Å². The molecule has 4 nitrogen and oxygen atoms in total. The van der Waals surface area contributed by atoms with E-state index in [1.165, 1.54) is 6.20 Å². The summed E-state index contributed by atoms with van der Waals surface area (Å²) in [5.41, 5.74) is 6.40. The minimum absolute atomic E-state index is 0.206. The SMILES string of the molecule is NCc1ccccc1-c1ccc(-n2ccc(C(F)(F)F)n2)o1. The molecule has 0 aliphatic carbocycles. The second kappa shape index (κ2) is 5.34. The molecule has 0 bridgehead atoms. The number of alkyl halides is 3. The fraction of sp³-hybridized carbons (Fsp3) is 0.133. The summed E-state index contributed by atoms with van der Waals surface area (Å²) in [6.45, 7) is 0.339. The van der Waals surface area contributed by atoms with Gasteiger partial charge in [-0.2, -0.15) is 18.3 Å². The fourth-order valence-corrected chi connectivity index (χ4v) is 2.13. The highest BCUT2D eigenvalue weighted by molar-refractivity contribution is 5.63. The van der Waals surface area contributed by atoms with Crippen LogP contribution in [-0.2, 0) is 12.7 Å². The molecular formula is C15H12F3N3O. The number of halogens is 3. The van der Waals surface area contributed by atoms with E-state index < -0.39 is 11.9 Å². The Morgan fingerprint density at radius 1 is 1.09 bits per heavy atom. The molecule has 3 rings (SSSR count). The molecule has 7 heteroatoms. The lowest BCUT2D eigenvalue weighted by atomic mass is 10.1. The highest BCUT2D eigenvalue weighted by Crippen LogP contribution is 2.30. The summed E-state index contributed by atoms with van der Waals surface area (Å²) in [6.07, 6.45) is -3.27. The average molecular weight is 307 g/mol. The van der Waals surface area contributed by atoms with E-state index in [2.05, 4.69) is 5.10 Å². The van der Waals surface area contributed by atoms with Crippen LogP contribution < -0.4 is 5.73 Å². The highest BCUT2D eigenvalue weighted by Gasteiger charge is 2.33. The monoisotopic (exact) mass is 307 g/mol. The lowest BCUT2D eigenvalue weighted by molar-refractivity contribution is -0.141. The van der Waals surface area contributed by atoms with E-state index in [0.717, 1.165) is 21.9 Å². The van der Waals surface area contributed by atoms with Crippen LogP contribution in [0.4, 0.5) is 13.2 Å². The van der Waals surface area contributed by atoms with Crippen molar-refractivity contribution in [3.8, 4) is 17.2 Å². The summed E-state index contributed by atoms with van der Waals surface area (Å²) in [5, 5.41) is 3.47. The molecule has 0 saturated heterocycles. The van der Waals surface area contributed by atoms with Crippen LogP contribution in [0.25, 0.3) is 17.2 Å². The van der Waals surface area contributed by atoms with Crippen LogP contribution in [0.15, 0.2) is 53.1 Å². The van der Waals surface area contributed by atoms with Crippen molar-refractivity contribution in [1.82, 2.24) is 9.78 Å². The number of rotatable bonds is 3. The molecule has 2 heterocycles. The van der Waals surface area contributed by atoms with Crippen LogP contribution in [0.1, 0.15) is 11.3 Å². The number of aromatic nitrogens is 2. The predicted octanol–water partition coefficient (Wildman–Crippen LogP) is 3.61. The first-order valence-electron chi connectivity index (χ1n) is 6.50. The molecule has 0 saturated carbocycles. The van der Waals surface area contributed by atoms with Gasteiger partial charge in [-0.25, -0.2) is 4.68 Å². The van der Waals surface area contributed by atoms with Crippen molar-refractivity contribution in [2.45, 2.75) is 12.7 Å². The van der Waals surface area contributed by atoms with Crippen molar-refractivity contribution >= 4 is 0 Å². The summed E-state index contributed by atoms with van der Waals surface area (Å²) in [6, 6.07) is 11.6. The Hall–Kier alpha value is -2.54. The Morgan fingerprint density at radius 3 is 2.55 bits per heavy atom. The predicted molar refractivity (Wildman–Crippen MR) is 74.2 cm³/mol. The van der Waals surface area contributed by atoms with Gasteiger partial charge in [0.25, 0.3) is 0 Å². The van der Waals surface area contributed by atoms with Crippen molar-refractivity contribution in [2.24, 2.45) is 5.73 Å². The van der Waals surface area contributed by atoms with E-state index in [4.69, 9.17) is 10.2 Å². The summed E-state index contributed by atoms with van der Waals surface area (Å²) in [5.74, 6) is 0.734.